The molecule has 61 heavy (non-hydrogen) atoms. The molecule has 292 valence electrons. The molecule has 12 rings (SSSR count). The topological polar surface area (TPSA) is 51.6 Å². The van der Waals surface area contributed by atoms with Gasteiger partial charge in [-0.2, -0.15) is 0 Å². The van der Waals surface area contributed by atoms with E-state index in [4.69, 9.17) is 9.97 Å². The Labute approximate surface area is 359 Å². The van der Waals surface area contributed by atoms with E-state index in [1.807, 2.05) is 60.1 Å². The van der Waals surface area contributed by atoms with Crippen LogP contribution in [0.15, 0.2) is 187 Å². The van der Waals surface area contributed by atoms with E-state index >= 15 is 0 Å². The Hall–Kier alpha value is -6.82. The number of allylic oxidation sites excluding steroid dienone is 10. The van der Waals surface area contributed by atoms with Gasteiger partial charge in [0.25, 0.3) is 0 Å². The fourth-order valence-corrected chi connectivity index (χ4v) is 11.4. The molecule has 5 heterocycles. The fraction of sp³-hybridized carbons (Fsp3) is 0.143. The minimum absolute atomic E-state index is 0.199. The largest absolute Gasteiger partial charge is 0.255 e. The summed E-state index contributed by atoms with van der Waals surface area (Å²) in [6.07, 6.45) is 27.5. The molecule has 0 saturated carbocycles. The Bertz CT molecular complexity index is 3290. The van der Waals surface area contributed by atoms with E-state index in [1.165, 1.54) is 81.5 Å². The minimum Gasteiger partial charge on any atom is -0.255 e. The van der Waals surface area contributed by atoms with Crippen LogP contribution in [0.5, 0.6) is 0 Å². The van der Waals surface area contributed by atoms with Gasteiger partial charge in [0, 0.05) is 45.1 Å². The molecule has 4 nitrogen and oxygen atoms in total. The van der Waals surface area contributed by atoms with Gasteiger partial charge >= 0.3 is 0 Å². The normalized spacial score (nSPS) is 19.6. The van der Waals surface area contributed by atoms with E-state index in [-0.39, 0.29) is 11.8 Å². The molecule has 5 heteroatoms. The quantitative estimate of drug-likeness (QED) is 0.168. The van der Waals surface area contributed by atoms with Gasteiger partial charge in [0.05, 0.1) is 38.7 Å². The highest BCUT2D eigenvalue weighted by Gasteiger charge is 2.27. The van der Waals surface area contributed by atoms with Crippen molar-refractivity contribution in [3.8, 4) is 22.8 Å². The first kappa shape index (κ1) is 36.1. The summed E-state index contributed by atoms with van der Waals surface area (Å²) < 4.78 is 2.63. The van der Waals surface area contributed by atoms with Crippen molar-refractivity contribution in [2.24, 2.45) is 5.92 Å². The molecule has 3 aromatic carbocycles. The molecular weight excluding hydrogens is 761 g/mol. The van der Waals surface area contributed by atoms with E-state index in [1.54, 1.807) is 0 Å². The molecule has 0 amide bonds. The molecule has 3 atom stereocenters. The SMILES string of the molecule is C1=CC(c2cc(-c3ccccn3)nc(-c3ccccn3)c2)CC(C2=CC=CC(c3ccc4c(c3)nc(C3=c5ccccc5=C5C=CCCC5C3)c3sc5ccccc5c34)C2)=C1. The molecule has 4 aliphatic carbocycles. The Morgan fingerprint density at radius 1 is 0.574 bits per heavy atom. The summed E-state index contributed by atoms with van der Waals surface area (Å²) >= 11 is 1.90. The summed E-state index contributed by atoms with van der Waals surface area (Å²) in [5, 5.41) is 6.62. The summed E-state index contributed by atoms with van der Waals surface area (Å²) in [4.78, 5) is 20.0. The van der Waals surface area contributed by atoms with E-state index in [0.29, 0.717) is 5.92 Å². The van der Waals surface area contributed by atoms with Crippen LogP contribution in [0.1, 0.15) is 60.8 Å². The molecule has 0 radical (unpaired) electrons. The van der Waals surface area contributed by atoms with Crippen LogP contribution in [0.3, 0.4) is 0 Å². The molecule has 8 aromatic rings. The van der Waals surface area contributed by atoms with E-state index < -0.39 is 0 Å². The summed E-state index contributed by atoms with van der Waals surface area (Å²) in [6, 6.07) is 41.5. The van der Waals surface area contributed by atoms with Gasteiger partial charge < -0.3 is 0 Å². The zero-order chi connectivity index (χ0) is 40.3. The lowest BCUT2D eigenvalue weighted by Crippen LogP contribution is -2.36. The fourth-order valence-electron chi connectivity index (χ4n) is 10.2. The Balaban J connectivity index is 0.902. The maximum atomic E-state index is 5.70. The van der Waals surface area contributed by atoms with Crippen molar-refractivity contribution >= 4 is 53.6 Å². The molecule has 0 fully saturated rings. The number of hydrogen-bond acceptors (Lipinski definition) is 5. The lowest BCUT2D eigenvalue weighted by molar-refractivity contribution is 0.612. The average Bonchev–Trinajstić information content (AvgIpc) is 3.74. The maximum absolute atomic E-state index is 5.70. The Morgan fingerprint density at radius 2 is 1.26 bits per heavy atom. The highest BCUT2D eigenvalue weighted by atomic mass is 32.1. The summed E-state index contributed by atoms with van der Waals surface area (Å²) in [5.74, 6) is 0.968. The van der Waals surface area contributed by atoms with Crippen LogP contribution >= 0.6 is 11.3 Å². The van der Waals surface area contributed by atoms with Crippen LogP contribution in [-0.4, -0.2) is 19.9 Å². The molecule has 0 saturated heterocycles. The van der Waals surface area contributed by atoms with E-state index in [2.05, 4.69) is 137 Å². The highest BCUT2D eigenvalue weighted by Crippen LogP contribution is 2.45. The number of rotatable bonds is 6. The zero-order valence-electron chi connectivity index (χ0n) is 33.7. The monoisotopic (exact) mass is 802 g/mol. The van der Waals surface area contributed by atoms with Crippen molar-refractivity contribution < 1.29 is 0 Å². The number of fused-ring (bicyclic) bond motifs is 7. The zero-order valence-corrected chi connectivity index (χ0v) is 34.5. The molecule has 0 aliphatic heterocycles. The number of nitrogens with zero attached hydrogens (tertiary/aromatic N) is 4. The van der Waals surface area contributed by atoms with Gasteiger partial charge in [0.15, 0.2) is 0 Å². The van der Waals surface area contributed by atoms with Gasteiger partial charge in [0.2, 0.25) is 0 Å². The molecule has 3 unspecified atom stereocenters. The van der Waals surface area contributed by atoms with Crippen molar-refractivity contribution in [2.45, 2.75) is 43.9 Å². The number of benzene rings is 3. The lowest BCUT2D eigenvalue weighted by atomic mass is 9.78. The second kappa shape index (κ2) is 15.0. The summed E-state index contributed by atoms with van der Waals surface area (Å²) in [6.45, 7) is 0. The van der Waals surface area contributed by atoms with Gasteiger partial charge in [-0.25, -0.2) is 9.97 Å². The lowest BCUT2D eigenvalue weighted by Gasteiger charge is -2.27. The van der Waals surface area contributed by atoms with Crippen molar-refractivity contribution in [3.63, 3.8) is 0 Å². The second-order valence-electron chi connectivity index (χ2n) is 16.8. The minimum atomic E-state index is 0.199. The van der Waals surface area contributed by atoms with Crippen LogP contribution in [0.2, 0.25) is 0 Å². The second-order valence-corrected chi connectivity index (χ2v) is 17.8. The third-order valence-electron chi connectivity index (χ3n) is 13.2. The van der Waals surface area contributed by atoms with Gasteiger partial charge in [0.1, 0.15) is 0 Å². The molecular formula is C56H42N4S. The maximum Gasteiger partial charge on any atom is 0.0897 e. The van der Waals surface area contributed by atoms with Crippen LogP contribution in [0.4, 0.5) is 0 Å². The van der Waals surface area contributed by atoms with Crippen molar-refractivity contribution in [1.29, 1.82) is 0 Å². The van der Waals surface area contributed by atoms with Gasteiger partial charge in [-0.3, -0.25) is 9.97 Å². The third-order valence-corrected chi connectivity index (χ3v) is 14.4. The standard InChI is InChI=1S/C56H42N4S/c1-2-18-42-40(13-1)31-47(44-20-4-3-19-43(42)44)55-56-54(46-21-5-6-24-53(46)61-56)45-26-25-39(32-50(45)60-55)37-16-11-14-35(29-37)36-15-12-17-38(30-36)41-33-51(48-22-7-9-27-57-48)59-52(34-41)49-23-8-10-28-58-49/h2-12,14-28,32-34,37-38,40H,1,13,29-31H2. The first-order valence-corrected chi connectivity index (χ1v) is 22.4. The van der Waals surface area contributed by atoms with E-state index in [0.717, 1.165) is 54.0 Å². The smallest absolute Gasteiger partial charge is 0.0897 e. The summed E-state index contributed by atoms with van der Waals surface area (Å²) in [5.41, 5.74) is 13.9. The van der Waals surface area contributed by atoms with Crippen molar-refractivity contribution in [3.05, 3.63) is 215 Å². The van der Waals surface area contributed by atoms with Crippen LogP contribution < -0.4 is 10.4 Å². The Kier molecular flexibility index (Phi) is 8.88. The van der Waals surface area contributed by atoms with E-state index in [9.17, 15) is 0 Å². The Morgan fingerprint density at radius 3 is 2.00 bits per heavy atom. The number of thiophene rings is 1. The average molecular weight is 803 g/mol. The van der Waals surface area contributed by atoms with Gasteiger partial charge in [-0.1, -0.05) is 115 Å². The van der Waals surface area contributed by atoms with Gasteiger partial charge in [-0.05, 0) is 130 Å². The predicted octanol–water partition coefficient (Wildman–Crippen LogP) is 12.5. The third kappa shape index (κ3) is 6.43. The molecule has 5 aromatic heterocycles. The number of hydrogen-bond donors (Lipinski definition) is 0. The molecule has 0 N–H and O–H groups in total. The summed E-state index contributed by atoms with van der Waals surface area (Å²) in [7, 11) is 0. The van der Waals surface area contributed by atoms with Crippen LogP contribution in [-0.2, 0) is 0 Å². The van der Waals surface area contributed by atoms with Crippen molar-refractivity contribution in [2.75, 3.05) is 0 Å². The molecule has 0 spiro atoms. The van der Waals surface area contributed by atoms with Gasteiger partial charge in [-0.15, -0.1) is 11.3 Å². The number of pyridine rings is 4. The molecule has 0 bridgehead atoms. The first-order valence-electron chi connectivity index (χ1n) is 21.6. The number of aromatic nitrogens is 4. The predicted molar refractivity (Wildman–Crippen MR) is 253 cm³/mol. The van der Waals surface area contributed by atoms with Crippen LogP contribution in [0.25, 0.3) is 65.0 Å². The van der Waals surface area contributed by atoms with Crippen LogP contribution in [0, 0.1) is 5.92 Å². The first-order chi connectivity index (χ1) is 30.2. The highest BCUT2D eigenvalue weighted by molar-refractivity contribution is 7.26. The van der Waals surface area contributed by atoms with Crippen molar-refractivity contribution in [1.82, 2.24) is 19.9 Å². The molecule has 4 aliphatic rings.